The fourth-order valence-corrected chi connectivity index (χ4v) is 6.42. The lowest BCUT2D eigenvalue weighted by molar-refractivity contribution is 0.477. The van der Waals surface area contributed by atoms with Gasteiger partial charge >= 0.3 is 0 Å². The molecular formula is C40H25ClN4O2. The zero-order chi connectivity index (χ0) is 31.3. The molecule has 0 saturated heterocycles. The number of nitrogens with zero attached hydrogens (tertiary/aromatic N) is 4. The predicted octanol–water partition coefficient (Wildman–Crippen LogP) is 11.6. The highest BCUT2D eigenvalue weighted by Crippen LogP contribution is 2.51. The van der Waals surface area contributed by atoms with Gasteiger partial charge in [0.25, 0.3) is 0 Å². The van der Waals surface area contributed by atoms with Gasteiger partial charge in [0, 0.05) is 22.5 Å². The van der Waals surface area contributed by atoms with Crippen molar-refractivity contribution in [2.24, 2.45) is 0 Å². The standard InChI is InChI=1S/C40H25ClN4O2/c41-40-42-30(26-17-21-28(22-18-26)44-32-9-1-5-13-36(32)46-37-14-6-2-10-33(37)44)25-31(43-40)27-19-23-29(24-20-27)45-34-11-3-7-15-38(34)47-39-16-8-4-12-35(39)45/h1-25H. The van der Waals surface area contributed by atoms with Crippen LogP contribution in [0.15, 0.2) is 152 Å². The minimum Gasteiger partial charge on any atom is -0.453 e. The molecule has 1 aromatic heterocycles. The summed E-state index contributed by atoms with van der Waals surface area (Å²) in [7, 11) is 0. The number of anilines is 6. The molecule has 3 heterocycles. The number of halogens is 1. The third-order valence-electron chi connectivity index (χ3n) is 8.41. The lowest BCUT2D eigenvalue weighted by atomic mass is 10.1. The summed E-state index contributed by atoms with van der Waals surface area (Å²) < 4.78 is 12.4. The molecule has 0 radical (unpaired) electrons. The first kappa shape index (κ1) is 27.2. The van der Waals surface area contributed by atoms with Crippen LogP contribution in [0.2, 0.25) is 5.28 Å². The van der Waals surface area contributed by atoms with E-state index in [-0.39, 0.29) is 5.28 Å². The van der Waals surface area contributed by atoms with Gasteiger partial charge in [0.05, 0.1) is 34.1 Å². The van der Waals surface area contributed by atoms with Gasteiger partial charge < -0.3 is 19.3 Å². The van der Waals surface area contributed by atoms with Crippen molar-refractivity contribution in [1.82, 2.24) is 9.97 Å². The maximum absolute atomic E-state index is 6.51. The van der Waals surface area contributed by atoms with Gasteiger partial charge in [0.1, 0.15) is 0 Å². The molecule has 7 aromatic rings. The van der Waals surface area contributed by atoms with Crippen LogP contribution in [0, 0.1) is 0 Å². The van der Waals surface area contributed by atoms with E-state index >= 15 is 0 Å². The third-order valence-corrected chi connectivity index (χ3v) is 8.57. The Hall–Kier alpha value is -6.11. The van der Waals surface area contributed by atoms with Gasteiger partial charge in [-0.2, -0.15) is 0 Å². The second kappa shape index (κ2) is 11.1. The molecule has 0 saturated carbocycles. The number of ether oxygens (including phenoxy) is 2. The highest BCUT2D eigenvalue weighted by atomic mass is 35.5. The zero-order valence-electron chi connectivity index (χ0n) is 24.9. The molecule has 224 valence electrons. The fourth-order valence-electron chi connectivity index (χ4n) is 6.24. The molecule has 0 atom stereocenters. The highest BCUT2D eigenvalue weighted by Gasteiger charge is 2.26. The first-order chi connectivity index (χ1) is 23.2. The van der Waals surface area contributed by atoms with Gasteiger partial charge in [-0.1, -0.05) is 72.8 Å². The summed E-state index contributed by atoms with van der Waals surface area (Å²) >= 11 is 6.51. The van der Waals surface area contributed by atoms with Gasteiger partial charge in [-0.3, -0.25) is 0 Å². The first-order valence-corrected chi connectivity index (χ1v) is 15.6. The van der Waals surface area contributed by atoms with E-state index in [4.69, 9.17) is 21.1 Å². The van der Waals surface area contributed by atoms with Crippen LogP contribution in [0.1, 0.15) is 0 Å². The summed E-state index contributed by atoms with van der Waals surface area (Å²) in [5.74, 6) is 3.26. The summed E-state index contributed by atoms with van der Waals surface area (Å²) in [5.41, 5.74) is 9.33. The second-order valence-electron chi connectivity index (χ2n) is 11.2. The minimum atomic E-state index is 0.192. The van der Waals surface area contributed by atoms with Gasteiger partial charge in [0.2, 0.25) is 5.28 Å². The molecule has 2 aliphatic rings. The van der Waals surface area contributed by atoms with Crippen LogP contribution in [0.25, 0.3) is 22.5 Å². The first-order valence-electron chi connectivity index (χ1n) is 15.3. The third kappa shape index (κ3) is 4.74. The van der Waals surface area contributed by atoms with Crippen LogP contribution in [-0.2, 0) is 0 Å². The minimum absolute atomic E-state index is 0.192. The monoisotopic (exact) mass is 628 g/mol. The predicted molar refractivity (Wildman–Crippen MR) is 187 cm³/mol. The van der Waals surface area contributed by atoms with Gasteiger partial charge in [-0.15, -0.1) is 0 Å². The highest BCUT2D eigenvalue weighted by molar-refractivity contribution is 6.28. The molecule has 2 aliphatic heterocycles. The molecule has 0 spiro atoms. The number of benzene rings is 6. The number of rotatable bonds is 4. The van der Waals surface area contributed by atoms with E-state index in [0.29, 0.717) is 0 Å². The number of fused-ring (bicyclic) bond motifs is 4. The number of hydrogen-bond acceptors (Lipinski definition) is 6. The Balaban J connectivity index is 1.04. The molecular weight excluding hydrogens is 604 g/mol. The zero-order valence-corrected chi connectivity index (χ0v) is 25.7. The van der Waals surface area contributed by atoms with E-state index in [1.54, 1.807) is 0 Å². The van der Waals surface area contributed by atoms with Crippen molar-refractivity contribution in [2.75, 3.05) is 9.80 Å². The molecule has 6 nitrogen and oxygen atoms in total. The van der Waals surface area contributed by atoms with Crippen molar-refractivity contribution >= 4 is 45.7 Å². The summed E-state index contributed by atoms with van der Waals surface area (Å²) in [5, 5.41) is 0.192. The summed E-state index contributed by atoms with van der Waals surface area (Å²) in [6.07, 6.45) is 0. The summed E-state index contributed by atoms with van der Waals surface area (Å²) in [6, 6.07) is 50.9. The normalized spacial score (nSPS) is 12.6. The lowest BCUT2D eigenvalue weighted by Gasteiger charge is -2.32. The Kier molecular flexibility index (Phi) is 6.40. The average Bonchev–Trinajstić information content (AvgIpc) is 3.13. The summed E-state index contributed by atoms with van der Waals surface area (Å²) in [4.78, 5) is 13.6. The van der Waals surface area contributed by atoms with Crippen LogP contribution in [0.4, 0.5) is 34.1 Å². The van der Waals surface area contributed by atoms with Crippen LogP contribution in [-0.4, -0.2) is 9.97 Å². The Bertz CT molecular complexity index is 2040. The summed E-state index contributed by atoms with van der Waals surface area (Å²) in [6.45, 7) is 0. The number of hydrogen-bond donors (Lipinski definition) is 0. The van der Waals surface area contributed by atoms with Crippen LogP contribution < -0.4 is 19.3 Å². The average molecular weight is 629 g/mol. The Morgan fingerprint density at radius 2 is 0.723 bits per heavy atom. The molecule has 0 N–H and O–H groups in total. The molecule has 7 heteroatoms. The van der Waals surface area contributed by atoms with Crippen molar-refractivity contribution in [3.05, 3.63) is 157 Å². The lowest BCUT2D eigenvalue weighted by Crippen LogP contribution is -2.15. The van der Waals surface area contributed by atoms with E-state index in [1.165, 1.54) is 0 Å². The van der Waals surface area contributed by atoms with Crippen molar-refractivity contribution in [2.45, 2.75) is 0 Å². The molecule has 0 bridgehead atoms. The maximum Gasteiger partial charge on any atom is 0.223 e. The van der Waals surface area contributed by atoms with Crippen molar-refractivity contribution in [3.63, 3.8) is 0 Å². The number of aromatic nitrogens is 2. The molecule has 0 amide bonds. The Labute approximate surface area is 276 Å². The smallest absolute Gasteiger partial charge is 0.223 e. The van der Waals surface area contributed by atoms with E-state index in [9.17, 15) is 0 Å². The van der Waals surface area contributed by atoms with Crippen LogP contribution in [0.5, 0.6) is 23.0 Å². The van der Waals surface area contributed by atoms with Gasteiger partial charge in [0.15, 0.2) is 23.0 Å². The Morgan fingerprint density at radius 3 is 1.06 bits per heavy atom. The van der Waals surface area contributed by atoms with Crippen molar-refractivity contribution in [3.8, 4) is 45.5 Å². The molecule has 47 heavy (non-hydrogen) atoms. The largest absolute Gasteiger partial charge is 0.453 e. The molecule has 0 unspecified atom stereocenters. The fraction of sp³-hybridized carbons (Fsp3) is 0. The van der Waals surface area contributed by atoms with E-state index < -0.39 is 0 Å². The molecule has 9 rings (SSSR count). The van der Waals surface area contributed by atoms with Crippen LogP contribution in [0.3, 0.4) is 0 Å². The Morgan fingerprint density at radius 1 is 0.404 bits per heavy atom. The quantitative estimate of drug-likeness (QED) is 0.181. The van der Waals surface area contributed by atoms with Crippen molar-refractivity contribution < 1.29 is 9.47 Å². The molecule has 0 fully saturated rings. The topological polar surface area (TPSA) is 50.7 Å². The van der Waals surface area contributed by atoms with E-state index in [1.807, 2.05) is 78.9 Å². The molecule has 6 aromatic carbocycles. The van der Waals surface area contributed by atoms with Crippen LogP contribution >= 0.6 is 11.6 Å². The van der Waals surface area contributed by atoms with E-state index in [0.717, 1.165) is 79.6 Å². The maximum atomic E-state index is 6.51. The molecule has 0 aliphatic carbocycles. The number of para-hydroxylation sites is 8. The van der Waals surface area contributed by atoms with Crippen molar-refractivity contribution in [1.29, 1.82) is 0 Å². The van der Waals surface area contributed by atoms with E-state index in [2.05, 4.69) is 92.6 Å². The van der Waals surface area contributed by atoms with Gasteiger partial charge in [-0.25, -0.2) is 9.97 Å². The van der Waals surface area contributed by atoms with Gasteiger partial charge in [-0.05, 0) is 90.5 Å². The SMILES string of the molecule is Clc1nc(-c2ccc(N3c4ccccc4Oc4ccccc43)cc2)cc(-c2ccc(N3c4ccccc4Oc4ccccc43)cc2)n1. The second-order valence-corrected chi connectivity index (χ2v) is 11.6.